The molecule has 4 N–H and O–H groups in total. The molecule has 1 aromatic rings. The van der Waals surface area contributed by atoms with Gasteiger partial charge in [0, 0.05) is 10.6 Å². The Bertz CT molecular complexity index is 460. The zero-order valence-electron chi connectivity index (χ0n) is 10.2. The summed E-state index contributed by atoms with van der Waals surface area (Å²) in [4.78, 5) is 12.0. The van der Waals surface area contributed by atoms with Crippen molar-refractivity contribution >= 4 is 23.3 Å². The van der Waals surface area contributed by atoms with Crippen LogP contribution >= 0.6 is 11.6 Å². The zero-order chi connectivity index (χ0) is 13.7. The Balaban J connectivity index is 2.85. The number of rotatable bonds is 4. The van der Waals surface area contributed by atoms with Gasteiger partial charge in [0.25, 0.3) is 5.91 Å². The van der Waals surface area contributed by atoms with Crippen molar-refractivity contribution in [1.82, 2.24) is 5.32 Å². The van der Waals surface area contributed by atoms with E-state index in [0.717, 1.165) is 0 Å². The Hall–Kier alpha value is -1.75. The summed E-state index contributed by atoms with van der Waals surface area (Å²) >= 11 is 5.81. The van der Waals surface area contributed by atoms with E-state index in [1.807, 2.05) is 13.8 Å². The van der Waals surface area contributed by atoms with Crippen LogP contribution in [0.2, 0.25) is 5.02 Å². The lowest BCUT2D eigenvalue weighted by Gasteiger charge is -2.20. The van der Waals surface area contributed by atoms with Gasteiger partial charge in [-0.05, 0) is 24.1 Å². The van der Waals surface area contributed by atoms with E-state index >= 15 is 0 Å². The minimum Gasteiger partial charge on any atom is -0.409 e. The van der Waals surface area contributed by atoms with E-state index in [1.54, 1.807) is 24.3 Å². The topological polar surface area (TPSA) is 87.7 Å². The van der Waals surface area contributed by atoms with Crippen LogP contribution < -0.4 is 11.1 Å². The van der Waals surface area contributed by atoms with Crippen molar-refractivity contribution in [2.75, 3.05) is 0 Å². The van der Waals surface area contributed by atoms with Gasteiger partial charge in [-0.1, -0.05) is 36.7 Å². The van der Waals surface area contributed by atoms with Crippen molar-refractivity contribution in [3.63, 3.8) is 0 Å². The largest absolute Gasteiger partial charge is 0.409 e. The average molecular weight is 270 g/mol. The predicted molar refractivity (Wildman–Crippen MR) is 71.0 cm³/mol. The minimum absolute atomic E-state index is 0.00374. The van der Waals surface area contributed by atoms with Crippen molar-refractivity contribution < 1.29 is 10.0 Å². The molecule has 6 heteroatoms. The Morgan fingerprint density at radius 1 is 1.50 bits per heavy atom. The standard InChI is InChI=1S/C12H16ClN3O2/c1-7(2)10(11(14)16-18)15-12(17)8-4-3-5-9(13)6-8/h3-7,10,18H,1-2H3,(H2,14,16)(H,15,17). The van der Waals surface area contributed by atoms with Crippen LogP contribution in [0.4, 0.5) is 0 Å². The van der Waals surface area contributed by atoms with Gasteiger partial charge in [0.05, 0.1) is 6.04 Å². The van der Waals surface area contributed by atoms with E-state index in [9.17, 15) is 4.79 Å². The van der Waals surface area contributed by atoms with Gasteiger partial charge in [-0.15, -0.1) is 0 Å². The molecule has 0 saturated heterocycles. The van der Waals surface area contributed by atoms with Gasteiger partial charge in [0.1, 0.15) is 0 Å². The van der Waals surface area contributed by atoms with Gasteiger partial charge < -0.3 is 16.3 Å². The molecule has 0 aliphatic heterocycles. The number of amides is 1. The van der Waals surface area contributed by atoms with Crippen LogP contribution in [0.5, 0.6) is 0 Å². The molecule has 0 aliphatic rings. The summed E-state index contributed by atoms with van der Waals surface area (Å²) in [5, 5.41) is 14.8. The second-order valence-electron chi connectivity index (χ2n) is 4.23. The number of nitrogens with one attached hydrogen (secondary N) is 1. The summed E-state index contributed by atoms with van der Waals surface area (Å²) < 4.78 is 0. The fourth-order valence-corrected chi connectivity index (χ4v) is 1.69. The Kier molecular flexibility index (Phi) is 4.97. The van der Waals surface area contributed by atoms with E-state index in [-0.39, 0.29) is 17.7 Å². The van der Waals surface area contributed by atoms with E-state index < -0.39 is 6.04 Å². The van der Waals surface area contributed by atoms with Gasteiger partial charge in [0.15, 0.2) is 5.84 Å². The maximum atomic E-state index is 12.0. The molecular weight excluding hydrogens is 254 g/mol. The Morgan fingerprint density at radius 3 is 2.67 bits per heavy atom. The molecule has 0 saturated carbocycles. The highest BCUT2D eigenvalue weighted by atomic mass is 35.5. The lowest BCUT2D eigenvalue weighted by Crippen LogP contribution is -2.47. The maximum Gasteiger partial charge on any atom is 0.251 e. The lowest BCUT2D eigenvalue weighted by atomic mass is 10.0. The van der Waals surface area contributed by atoms with E-state index in [4.69, 9.17) is 22.5 Å². The molecule has 0 bridgehead atoms. The quantitative estimate of drug-likeness (QED) is 0.337. The molecule has 5 nitrogen and oxygen atoms in total. The highest BCUT2D eigenvalue weighted by molar-refractivity contribution is 6.31. The molecule has 18 heavy (non-hydrogen) atoms. The molecule has 0 radical (unpaired) electrons. The Morgan fingerprint density at radius 2 is 2.17 bits per heavy atom. The van der Waals surface area contributed by atoms with Gasteiger partial charge in [0.2, 0.25) is 0 Å². The van der Waals surface area contributed by atoms with Crippen LogP contribution in [0.25, 0.3) is 0 Å². The second kappa shape index (κ2) is 6.26. The average Bonchev–Trinajstić information content (AvgIpc) is 2.34. The van der Waals surface area contributed by atoms with Crippen LogP contribution in [0, 0.1) is 5.92 Å². The molecular formula is C12H16ClN3O2. The predicted octanol–water partition coefficient (Wildman–Crippen LogP) is 1.84. The molecule has 1 rings (SSSR count). The number of carbonyl (C=O) groups excluding carboxylic acids is 1. The molecule has 1 amide bonds. The highest BCUT2D eigenvalue weighted by Crippen LogP contribution is 2.11. The van der Waals surface area contributed by atoms with Crippen molar-refractivity contribution in [2.24, 2.45) is 16.8 Å². The number of carbonyl (C=O) groups is 1. The summed E-state index contributed by atoms with van der Waals surface area (Å²) in [6.07, 6.45) is 0. The SMILES string of the molecule is CC(C)C(NC(=O)c1cccc(Cl)c1)C(N)=NO. The summed E-state index contributed by atoms with van der Waals surface area (Å²) in [5.41, 5.74) is 5.96. The number of oxime groups is 1. The first-order valence-electron chi connectivity index (χ1n) is 5.49. The summed E-state index contributed by atoms with van der Waals surface area (Å²) in [7, 11) is 0. The molecule has 0 aliphatic carbocycles. The van der Waals surface area contributed by atoms with E-state index in [2.05, 4.69) is 10.5 Å². The van der Waals surface area contributed by atoms with Crippen molar-refractivity contribution in [3.05, 3.63) is 34.9 Å². The number of nitrogens with zero attached hydrogens (tertiary/aromatic N) is 1. The monoisotopic (exact) mass is 269 g/mol. The molecule has 0 aromatic heterocycles. The first-order chi connectivity index (χ1) is 8.45. The van der Waals surface area contributed by atoms with Crippen LogP contribution in [0.3, 0.4) is 0 Å². The Labute approximate surface area is 111 Å². The highest BCUT2D eigenvalue weighted by Gasteiger charge is 2.21. The maximum absolute atomic E-state index is 12.0. The normalized spacial score (nSPS) is 13.4. The minimum atomic E-state index is -0.526. The molecule has 0 fully saturated rings. The van der Waals surface area contributed by atoms with Gasteiger partial charge in [-0.25, -0.2) is 0 Å². The van der Waals surface area contributed by atoms with E-state index in [1.165, 1.54) is 0 Å². The molecule has 1 atom stereocenters. The number of hydrogen-bond acceptors (Lipinski definition) is 3. The smallest absolute Gasteiger partial charge is 0.251 e. The van der Waals surface area contributed by atoms with Gasteiger partial charge >= 0.3 is 0 Å². The van der Waals surface area contributed by atoms with Gasteiger partial charge in [-0.2, -0.15) is 0 Å². The number of halogens is 1. The third-order valence-electron chi connectivity index (χ3n) is 2.47. The number of nitrogens with two attached hydrogens (primary N) is 1. The fourth-order valence-electron chi connectivity index (χ4n) is 1.50. The molecule has 98 valence electrons. The van der Waals surface area contributed by atoms with E-state index in [0.29, 0.717) is 10.6 Å². The van der Waals surface area contributed by atoms with Crippen LogP contribution in [0.15, 0.2) is 29.4 Å². The molecule has 0 heterocycles. The van der Waals surface area contributed by atoms with Crippen LogP contribution in [-0.2, 0) is 0 Å². The number of amidine groups is 1. The number of hydrogen-bond donors (Lipinski definition) is 3. The second-order valence-corrected chi connectivity index (χ2v) is 4.67. The third kappa shape index (κ3) is 3.63. The van der Waals surface area contributed by atoms with Crippen molar-refractivity contribution in [1.29, 1.82) is 0 Å². The van der Waals surface area contributed by atoms with Crippen LogP contribution in [0.1, 0.15) is 24.2 Å². The first-order valence-corrected chi connectivity index (χ1v) is 5.87. The number of benzene rings is 1. The molecule has 1 aromatic carbocycles. The summed E-state index contributed by atoms with van der Waals surface area (Å²) in [6.45, 7) is 3.72. The van der Waals surface area contributed by atoms with Crippen molar-refractivity contribution in [3.8, 4) is 0 Å². The summed E-state index contributed by atoms with van der Waals surface area (Å²) in [6, 6.07) is 6.04. The molecule has 0 spiro atoms. The van der Waals surface area contributed by atoms with Gasteiger partial charge in [-0.3, -0.25) is 4.79 Å². The fraction of sp³-hybridized carbons (Fsp3) is 0.333. The lowest BCUT2D eigenvalue weighted by molar-refractivity contribution is 0.0939. The third-order valence-corrected chi connectivity index (χ3v) is 2.71. The van der Waals surface area contributed by atoms with Crippen LogP contribution in [-0.4, -0.2) is 23.0 Å². The summed E-state index contributed by atoms with van der Waals surface area (Å²) in [5.74, 6) is -0.341. The zero-order valence-corrected chi connectivity index (χ0v) is 11.0. The van der Waals surface area contributed by atoms with Crippen molar-refractivity contribution in [2.45, 2.75) is 19.9 Å². The first kappa shape index (κ1) is 14.3. The molecule has 1 unspecified atom stereocenters.